The van der Waals surface area contributed by atoms with Gasteiger partial charge < -0.3 is 15.8 Å². The van der Waals surface area contributed by atoms with E-state index in [0.717, 1.165) is 11.1 Å². The number of hydrogen-bond donors (Lipinski definition) is 2. The van der Waals surface area contributed by atoms with Crippen molar-refractivity contribution >= 4 is 11.7 Å². The van der Waals surface area contributed by atoms with Crippen molar-refractivity contribution in [2.75, 3.05) is 6.54 Å². The zero-order chi connectivity index (χ0) is 14.6. The predicted octanol–water partition coefficient (Wildman–Crippen LogP) is 1.90. The quantitative estimate of drug-likeness (QED) is 0.377. The number of amidine groups is 1. The molecule has 0 fully saturated rings. The van der Waals surface area contributed by atoms with E-state index in [1.807, 2.05) is 45.9 Å². The van der Waals surface area contributed by atoms with Gasteiger partial charge in [0.05, 0.1) is 6.54 Å². The molecule has 19 heavy (non-hydrogen) atoms. The number of carbonyl (C=O) groups excluding carboxylic acids is 1. The number of benzene rings is 1. The lowest BCUT2D eigenvalue weighted by Crippen LogP contribution is -2.43. The first-order chi connectivity index (χ1) is 8.88. The number of carbonyl (C=O) groups is 1. The van der Waals surface area contributed by atoms with Crippen LogP contribution in [0.15, 0.2) is 23.4 Å². The van der Waals surface area contributed by atoms with Crippen LogP contribution in [0.1, 0.15) is 35.3 Å². The van der Waals surface area contributed by atoms with Gasteiger partial charge in [-0.15, -0.1) is 0 Å². The summed E-state index contributed by atoms with van der Waals surface area (Å²) in [6, 6.07) is 5.70. The van der Waals surface area contributed by atoms with Gasteiger partial charge in [0.1, 0.15) is 0 Å². The van der Waals surface area contributed by atoms with E-state index in [9.17, 15) is 4.79 Å². The van der Waals surface area contributed by atoms with Gasteiger partial charge in [-0.3, -0.25) is 4.79 Å². The third-order valence-corrected chi connectivity index (χ3v) is 3.04. The minimum atomic E-state index is -0.0998. The number of aryl methyl sites for hydroxylation is 2. The smallest absolute Gasteiger partial charge is 0.255 e. The van der Waals surface area contributed by atoms with Crippen LogP contribution < -0.4 is 5.73 Å². The highest BCUT2D eigenvalue weighted by molar-refractivity contribution is 5.99. The zero-order valence-corrected chi connectivity index (χ0v) is 11.8. The molecule has 104 valence electrons. The van der Waals surface area contributed by atoms with Crippen LogP contribution in [0, 0.1) is 13.8 Å². The summed E-state index contributed by atoms with van der Waals surface area (Å²) in [7, 11) is 0. The van der Waals surface area contributed by atoms with Crippen LogP contribution in [0.4, 0.5) is 0 Å². The molecule has 0 unspecified atom stereocenters. The van der Waals surface area contributed by atoms with Crippen molar-refractivity contribution in [1.29, 1.82) is 0 Å². The first kappa shape index (κ1) is 15.0. The fourth-order valence-electron chi connectivity index (χ4n) is 1.99. The van der Waals surface area contributed by atoms with Gasteiger partial charge in [-0.05, 0) is 38.8 Å². The molecule has 5 nitrogen and oxygen atoms in total. The molecule has 0 heterocycles. The second-order valence-electron chi connectivity index (χ2n) is 4.88. The lowest BCUT2D eigenvalue weighted by atomic mass is 10.0. The van der Waals surface area contributed by atoms with Crippen LogP contribution in [-0.4, -0.2) is 34.4 Å². The molecule has 1 aromatic rings. The van der Waals surface area contributed by atoms with Gasteiger partial charge in [0, 0.05) is 11.6 Å². The zero-order valence-electron chi connectivity index (χ0n) is 11.8. The molecule has 0 aromatic heterocycles. The molecule has 0 bridgehead atoms. The van der Waals surface area contributed by atoms with Gasteiger partial charge in [0.25, 0.3) is 5.91 Å². The molecule has 1 aromatic carbocycles. The Morgan fingerprint density at radius 1 is 1.37 bits per heavy atom. The molecule has 0 saturated carbocycles. The Morgan fingerprint density at radius 3 is 2.32 bits per heavy atom. The van der Waals surface area contributed by atoms with E-state index in [0.29, 0.717) is 5.56 Å². The van der Waals surface area contributed by atoms with Crippen molar-refractivity contribution in [2.24, 2.45) is 10.9 Å². The van der Waals surface area contributed by atoms with Crippen molar-refractivity contribution in [3.8, 4) is 0 Å². The first-order valence-electron chi connectivity index (χ1n) is 6.22. The second-order valence-corrected chi connectivity index (χ2v) is 4.88. The Bertz CT molecular complexity index is 475. The first-order valence-corrected chi connectivity index (χ1v) is 6.22. The lowest BCUT2D eigenvalue weighted by Gasteiger charge is -2.27. The largest absolute Gasteiger partial charge is 0.409 e. The molecular weight excluding hydrogens is 242 g/mol. The minimum absolute atomic E-state index is 0.0216. The van der Waals surface area contributed by atoms with Crippen LogP contribution in [0.2, 0.25) is 0 Å². The Balaban J connectivity index is 3.13. The van der Waals surface area contributed by atoms with Crippen LogP contribution in [0.25, 0.3) is 0 Å². The molecule has 1 rings (SSSR count). The van der Waals surface area contributed by atoms with E-state index in [1.165, 1.54) is 0 Å². The maximum atomic E-state index is 12.6. The fraction of sp³-hybridized carbons (Fsp3) is 0.429. The van der Waals surface area contributed by atoms with Gasteiger partial charge in [-0.1, -0.05) is 23.4 Å². The van der Waals surface area contributed by atoms with E-state index in [2.05, 4.69) is 5.16 Å². The van der Waals surface area contributed by atoms with E-state index < -0.39 is 0 Å². The summed E-state index contributed by atoms with van der Waals surface area (Å²) >= 11 is 0. The molecule has 5 heteroatoms. The molecule has 0 aliphatic heterocycles. The monoisotopic (exact) mass is 263 g/mol. The van der Waals surface area contributed by atoms with E-state index in [4.69, 9.17) is 10.9 Å². The van der Waals surface area contributed by atoms with E-state index >= 15 is 0 Å². The molecule has 1 amide bonds. The second kappa shape index (κ2) is 6.22. The van der Waals surface area contributed by atoms with Gasteiger partial charge in [0.2, 0.25) is 0 Å². The topological polar surface area (TPSA) is 78.9 Å². The molecule has 0 aliphatic carbocycles. The number of rotatable bonds is 4. The molecule has 0 aliphatic rings. The summed E-state index contributed by atoms with van der Waals surface area (Å²) in [5.41, 5.74) is 8.04. The number of oxime groups is 1. The Labute approximate surface area is 113 Å². The fourth-order valence-corrected chi connectivity index (χ4v) is 1.99. The Kier molecular flexibility index (Phi) is 4.92. The third kappa shape index (κ3) is 3.47. The lowest BCUT2D eigenvalue weighted by molar-refractivity contribution is 0.0732. The standard InChI is InChI=1S/C14H21N3O2/c1-9(2)17(8-12(15)16-19)14(18)13-10(3)6-5-7-11(13)4/h5-7,9,19H,8H2,1-4H3,(H2,15,16). The summed E-state index contributed by atoms with van der Waals surface area (Å²) < 4.78 is 0. The Morgan fingerprint density at radius 2 is 1.89 bits per heavy atom. The van der Waals surface area contributed by atoms with Crippen molar-refractivity contribution in [3.05, 3.63) is 34.9 Å². The van der Waals surface area contributed by atoms with E-state index in [1.54, 1.807) is 4.90 Å². The normalized spacial score (nSPS) is 11.7. The average molecular weight is 263 g/mol. The highest BCUT2D eigenvalue weighted by atomic mass is 16.4. The molecule has 0 atom stereocenters. The summed E-state index contributed by atoms with van der Waals surface area (Å²) in [5.74, 6) is -0.0783. The number of nitrogens with zero attached hydrogens (tertiary/aromatic N) is 2. The van der Waals surface area contributed by atoms with Crippen LogP contribution in [0.3, 0.4) is 0 Å². The number of amides is 1. The Hall–Kier alpha value is -2.04. The van der Waals surface area contributed by atoms with E-state index in [-0.39, 0.29) is 24.3 Å². The van der Waals surface area contributed by atoms with Crippen molar-refractivity contribution in [3.63, 3.8) is 0 Å². The maximum Gasteiger partial charge on any atom is 0.255 e. The predicted molar refractivity (Wildman–Crippen MR) is 75.5 cm³/mol. The van der Waals surface area contributed by atoms with Gasteiger partial charge >= 0.3 is 0 Å². The number of nitrogens with two attached hydrogens (primary N) is 1. The SMILES string of the molecule is Cc1cccc(C)c1C(=O)N(C/C(N)=N/O)C(C)C. The highest BCUT2D eigenvalue weighted by Gasteiger charge is 2.22. The molecular formula is C14H21N3O2. The van der Waals surface area contributed by atoms with Gasteiger partial charge in [-0.2, -0.15) is 0 Å². The summed E-state index contributed by atoms with van der Waals surface area (Å²) in [5, 5.41) is 11.6. The van der Waals surface area contributed by atoms with Crippen LogP contribution in [-0.2, 0) is 0 Å². The van der Waals surface area contributed by atoms with Crippen LogP contribution >= 0.6 is 0 Å². The van der Waals surface area contributed by atoms with Gasteiger partial charge in [0.15, 0.2) is 5.84 Å². The summed E-state index contributed by atoms with van der Waals surface area (Å²) in [4.78, 5) is 14.2. The summed E-state index contributed by atoms with van der Waals surface area (Å²) in [6.45, 7) is 7.72. The third-order valence-electron chi connectivity index (χ3n) is 3.04. The molecule has 0 radical (unpaired) electrons. The highest BCUT2D eigenvalue weighted by Crippen LogP contribution is 2.17. The minimum Gasteiger partial charge on any atom is -0.409 e. The molecule has 0 saturated heterocycles. The van der Waals surface area contributed by atoms with Crippen molar-refractivity contribution in [2.45, 2.75) is 33.7 Å². The van der Waals surface area contributed by atoms with Crippen molar-refractivity contribution < 1.29 is 10.0 Å². The van der Waals surface area contributed by atoms with Crippen LogP contribution in [0.5, 0.6) is 0 Å². The molecule has 0 spiro atoms. The van der Waals surface area contributed by atoms with Crippen molar-refractivity contribution in [1.82, 2.24) is 4.90 Å². The maximum absolute atomic E-state index is 12.6. The van der Waals surface area contributed by atoms with Gasteiger partial charge in [-0.25, -0.2) is 0 Å². The molecule has 3 N–H and O–H groups in total. The summed E-state index contributed by atoms with van der Waals surface area (Å²) in [6.07, 6.45) is 0. The number of hydrogen-bond acceptors (Lipinski definition) is 3. The average Bonchev–Trinajstić information content (AvgIpc) is 2.34.